The van der Waals surface area contributed by atoms with E-state index in [4.69, 9.17) is 0 Å². The van der Waals surface area contributed by atoms with Crippen molar-refractivity contribution in [1.82, 2.24) is 20.1 Å². The van der Waals surface area contributed by atoms with E-state index in [2.05, 4.69) is 29.4 Å². The van der Waals surface area contributed by atoms with Crippen molar-refractivity contribution in [3.63, 3.8) is 0 Å². The predicted molar refractivity (Wildman–Crippen MR) is 74.2 cm³/mol. The SMILES string of the molecule is CCCNC(CC)CSc1n[nH]c(=O)n1C1CC1. The van der Waals surface area contributed by atoms with Gasteiger partial charge in [0.15, 0.2) is 5.16 Å². The van der Waals surface area contributed by atoms with Gasteiger partial charge in [-0.25, -0.2) is 9.89 Å². The molecule has 0 aromatic carbocycles. The van der Waals surface area contributed by atoms with E-state index in [-0.39, 0.29) is 5.69 Å². The van der Waals surface area contributed by atoms with Gasteiger partial charge in [-0.1, -0.05) is 25.6 Å². The van der Waals surface area contributed by atoms with Gasteiger partial charge in [0.1, 0.15) is 0 Å². The van der Waals surface area contributed by atoms with Gasteiger partial charge in [-0.3, -0.25) is 4.57 Å². The maximum Gasteiger partial charge on any atom is 0.344 e. The summed E-state index contributed by atoms with van der Waals surface area (Å²) in [5.41, 5.74) is -0.0606. The van der Waals surface area contributed by atoms with Crippen molar-refractivity contribution in [2.24, 2.45) is 0 Å². The summed E-state index contributed by atoms with van der Waals surface area (Å²) in [5.74, 6) is 0.966. The molecular weight excluding hydrogens is 248 g/mol. The smallest absolute Gasteiger partial charge is 0.313 e. The summed E-state index contributed by atoms with van der Waals surface area (Å²) < 4.78 is 1.82. The molecule has 1 aliphatic rings. The Bertz CT molecular complexity index is 424. The molecule has 2 rings (SSSR count). The molecule has 18 heavy (non-hydrogen) atoms. The summed E-state index contributed by atoms with van der Waals surface area (Å²) in [6.07, 6.45) is 4.47. The normalized spacial score (nSPS) is 17.0. The van der Waals surface area contributed by atoms with Crippen LogP contribution in [0, 0.1) is 0 Å². The summed E-state index contributed by atoms with van der Waals surface area (Å²) in [5, 5.41) is 11.0. The Kier molecular flexibility index (Phi) is 4.88. The van der Waals surface area contributed by atoms with Crippen LogP contribution in [-0.2, 0) is 0 Å². The molecule has 1 fully saturated rings. The minimum absolute atomic E-state index is 0.0606. The Morgan fingerprint density at radius 3 is 2.94 bits per heavy atom. The van der Waals surface area contributed by atoms with Crippen molar-refractivity contribution < 1.29 is 0 Å². The zero-order valence-electron chi connectivity index (χ0n) is 11.1. The average Bonchev–Trinajstić information content (AvgIpc) is 3.14. The molecule has 0 spiro atoms. The maximum atomic E-state index is 11.6. The first-order valence-corrected chi connectivity index (χ1v) is 7.77. The van der Waals surface area contributed by atoms with Gasteiger partial charge < -0.3 is 5.32 Å². The summed E-state index contributed by atoms with van der Waals surface area (Å²) in [4.78, 5) is 11.6. The monoisotopic (exact) mass is 270 g/mol. The van der Waals surface area contributed by atoms with Crippen molar-refractivity contribution in [3.05, 3.63) is 10.5 Å². The first kappa shape index (κ1) is 13.7. The van der Waals surface area contributed by atoms with Crippen LogP contribution < -0.4 is 11.0 Å². The average molecular weight is 270 g/mol. The van der Waals surface area contributed by atoms with Gasteiger partial charge in [0.25, 0.3) is 0 Å². The lowest BCUT2D eigenvalue weighted by Crippen LogP contribution is -2.31. The number of aromatic nitrogens is 3. The molecule has 6 heteroatoms. The molecule has 1 aliphatic carbocycles. The minimum atomic E-state index is -0.0606. The van der Waals surface area contributed by atoms with Crippen molar-refractivity contribution >= 4 is 11.8 Å². The third-order valence-electron chi connectivity index (χ3n) is 3.17. The number of hydrogen-bond acceptors (Lipinski definition) is 4. The third-order valence-corrected chi connectivity index (χ3v) is 4.29. The Morgan fingerprint density at radius 2 is 2.33 bits per heavy atom. The lowest BCUT2D eigenvalue weighted by Gasteiger charge is -2.15. The molecule has 1 heterocycles. The van der Waals surface area contributed by atoms with Crippen LogP contribution in [0.5, 0.6) is 0 Å². The van der Waals surface area contributed by atoms with E-state index in [1.165, 1.54) is 0 Å². The van der Waals surface area contributed by atoms with Gasteiger partial charge >= 0.3 is 5.69 Å². The second-order valence-electron chi connectivity index (χ2n) is 4.78. The van der Waals surface area contributed by atoms with Gasteiger partial charge in [0.05, 0.1) is 0 Å². The standard InChI is InChI=1S/C12H22N4OS/c1-3-7-13-9(4-2)8-18-12-15-14-11(17)16(12)10-5-6-10/h9-10,13H,3-8H2,1-2H3,(H,14,17). The van der Waals surface area contributed by atoms with E-state index in [0.717, 1.165) is 43.1 Å². The topological polar surface area (TPSA) is 62.7 Å². The van der Waals surface area contributed by atoms with Gasteiger partial charge in [-0.05, 0) is 32.2 Å². The van der Waals surface area contributed by atoms with E-state index in [9.17, 15) is 4.79 Å². The Balaban J connectivity index is 1.90. The van der Waals surface area contributed by atoms with Gasteiger partial charge in [0.2, 0.25) is 0 Å². The third kappa shape index (κ3) is 3.38. The summed E-state index contributed by atoms with van der Waals surface area (Å²) in [6, 6.07) is 0.886. The number of hydrogen-bond donors (Lipinski definition) is 2. The van der Waals surface area contributed by atoms with Crippen molar-refractivity contribution in [2.75, 3.05) is 12.3 Å². The van der Waals surface area contributed by atoms with Crippen LogP contribution in [0.4, 0.5) is 0 Å². The van der Waals surface area contributed by atoms with E-state index in [1.807, 2.05) is 4.57 Å². The van der Waals surface area contributed by atoms with Crippen molar-refractivity contribution in [3.8, 4) is 0 Å². The highest BCUT2D eigenvalue weighted by Crippen LogP contribution is 2.36. The predicted octanol–water partition coefficient (Wildman–Crippen LogP) is 1.78. The Labute approximate surface area is 112 Å². The number of aromatic amines is 1. The van der Waals surface area contributed by atoms with E-state index in [0.29, 0.717) is 12.1 Å². The molecule has 0 bridgehead atoms. The van der Waals surface area contributed by atoms with Crippen molar-refractivity contribution in [2.45, 2.75) is 56.8 Å². The summed E-state index contributed by atoms with van der Waals surface area (Å²) >= 11 is 1.68. The van der Waals surface area contributed by atoms with Crippen LogP contribution in [-0.4, -0.2) is 33.1 Å². The highest BCUT2D eigenvalue weighted by atomic mass is 32.2. The molecule has 0 amide bonds. The number of thioether (sulfide) groups is 1. The molecule has 1 aromatic rings. The minimum Gasteiger partial charge on any atom is -0.313 e. The number of nitrogens with one attached hydrogen (secondary N) is 2. The van der Waals surface area contributed by atoms with Crippen LogP contribution in [0.3, 0.4) is 0 Å². The largest absolute Gasteiger partial charge is 0.344 e. The molecular formula is C12H22N4OS. The van der Waals surface area contributed by atoms with Crippen LogP contribution in [0.1, 0.15) is 45.6 Å². The fraction of sp³-hybridized carbons (Fsp3) is 0.833. The molecule has 5 nitrogen and oxygen atoms in total. The second-order valence-corrected chi connectivity index (χ2v) is 5.77. The molecule has 102 valence electrons. The van der Waals surface area contributed by atoms with Gasteiger partial charge in [-0.2, -0.15) is 0 Å². The molecule has 1 atom stereocenters. The van der Waals surface area contributed by atoms with Crippen LogP contribution in [0.2, 0.25) is 0 Å². The lowest BCUT2D eigenvalue weighted by atomic mass is 10.2. The number of rotatable bonds is 8. The molecule has 0 saturated heterocycles. The second kappa shape index (κ2) is 6.43. The zero-order chi connectivity index (χ0) is 13.0. The van der Waals surface area contributed by atoms with Crippen LogP contribution >= 0.6 is 11.8 Å². The molecule has 1 aromatic heterocycles. The molecule has 1 unspecified atom stereocenters. The quantitative estimate of drug-likeness (QED) is 0.707. The van der Waals surface area contributed by atoms with E-state index < -0.39 is 0 Å². The fourth-order valence-electron chi connectivity index (χ4n) is 1.89. The van der Waals surface area contributed by atoms with E-state index in [1.54, 1.807) is 11.8 Å². The Hall–Kier alpha value is -0.750. The van der Waals surface area contributed by atoms with Gasteiger partial charge in [0, 0.05) is 17.8 Å². The first-order valence-electron chi connectivity index (χ1n) is 6.79. The lowest BCUT2D eigenvalue weighted by molar-refractivity contribution is 0.538. The zero-order valence-corrected chi connectivity index (χ0v) is 11.9. The van der Waals surface area contributed by atoms with E-state index >= 15 is 0 Å². The van der Waals surface area contributed by atoms with Gasteiger partial charge in [-0.15, -0.1) is 5.10 Å². The van der Waals surface area contributed by atoms with Crippen LogP contribution in [0.15, 0.2) is 9.95 Å². The first-order chi connectivity index (χ1) is 8.76. The fourth-order valence-corrected chi connectivity index (χ4v) is 3.08. The highest BCUT2D eigenvalue weighted by Gasteiger charge is 2.28. The highest BCUT2D eigenvalue weighted by molar-refractivity contribution is 7.99. The molecule has 2 N–H and O–H groups in total. The summed E-state index contributed by atoms with van der Waals surface area (Å²) in [6.45, 7) is 5.41. The molecule has 0 aliphatic heterocycles. The molecule has 0 radical (unpaired) electrons. The number of nitrogens with zero attached hydrogens (tertiary/aromatic N) is 2. The summed E-state index contributed by atoms with van der Waals surface area (Å²) in [7, 11) is 0. The molecule has 1 saturated carbocycles. The van der Waals surface area contributed by atoms with Crippen molar-refractivity contribution in [1.29, 1.82) is 0 Å². The number of H-pyrrole nitrogens is 1. The maximum absolute atomic E-state index is 11.6. The van der Waals surface area contributed by atoms with Crippen LogP contribution in [0.25, 0.3) is 0 Å². The Morgan fingerprint density at radius 1 is 1.56 bits per heavy atom.